The van der Waals surface area contributed by atoms with Crippen molar-refractivity contribution in [3.05, 3.63) is 65.2 Å². The molecule has 0 saturated heterocycles. The Morgan fingerprint density at radius 2 is 1.69 bits per heavy atom. The zero-order valence-corrected chi connectivity index (χ0v) is 15.2. The molecule has 0 aliphatic heterocycles. The number of nitrogens with zero attached hydrogens (tertiary/aromatic N) is 1. The minimum absolute atomic E-state index is 0.0516. The lowest BCUT2D eigenvalue weighted by molar-refractivity contribution is -0.129. The van der Waals surface area contributed by atoms with Gasteiger partial charge in [-0.25, -0.2) is 4.79 Å². The third kappa shape index (κ3) is 5.78. The summed E-state index contributed by atoms with van der Waals surface area (Å²) in [5.74, 6) is 0.528. The number of carbonyl (C=O) groups excluding carboxylic acids is 1. The van der Waals surface area contributed by atoms with Gasteiger partial charge in [-0.15, -0.1) is 0 Å². The van der Waals surface area contributed by atoms with Crippen molar-refractivity contribution in [1.82, 2.24) is 0 Å². The molecule has 2 aromatic carbocycles. The molecule has 0 atom stereocenters. The average Bonchev–Trinajstić information content (AvgIpc) is 2.68. The highest BCUT2D eigenvalue weighted by atomic mass is 16.5. The Balaban J connectivity index is 2.03. The lowest BCUT2D eigenvalue weighted by Gasteiger charge is -2.06. The Morgan fingerprint density at radius 1 is 1.04 bits per heavy atom. The van der Waals surface area contributed by atoms with E-state index < -0.39 is 5.97 Å². The van der Waals surface area contributed by atoms with Crippen LogP contribution in [0.15, 0.2) is 54.1 Å². The van der Waals surface area contributed by atoms with Crippen molar-refractivity contribution < 1.29 is 14.3 Å². The Hall–Kier alpha value is -3.06. The van der Waals surface area contributed by atoms with Gasteiger partial charge in [-0.2, -0.15) is 5.26 Å². The summed E-state index contributed by atoms with van der Waals surface area (Å²) < 4.78 is 10.9. The second-order valence-corrected chi connectivity index (χ2v) is 5.83. The summed E-state index contributed by atoms with van der Waals surface area (Å²) in [5.41, 5.74) is 1.84. The molecule has 0 aromatic heterocycles. The molecule has 2 aromatic rings. The van der Waals surface area contributed by atoms with Crippen LogP contribution < -0.4 is 9.47 Å². The zero-order valence-electron chi connectivity index (χ0n) is 15.2. The third-order valence-corrected chi connectivity index (χ3v) is 3.84. The molecule has 134 valence electrons. The SMILES string of the molecule is CCCCOc1ccc(/C=C(\C#N)C(=O)Oc2ccc(CC)cc2)cc1. The second-order valence-electron chi connectivity index (χ2n) is 5.83. The van der Waals surface area contributed by atoms with Crippen molar-refractivity contribution in [2.75, 3.05) is 6.61 Å². The number of benzene rings is 2. The number of carbonyl (C=O) groups is 1. The third-order valence-electron chi connectivity index (χ3n) is 3.84. The van der Waals surface area contributed by atoms with Crippen molar-refractivity contribution in [2.45, 2.75) is 33.1 Å². The number of hydrogen-bond acceptors (Lipinski definition) is 4. The van der Waals surface area contributed by atoms with E-state index >= 15 is 0 Å². The Labute approximate surface area is 154 Å². The molecule has 0 fully saturated rings. The molecule has 2 rings (SSSR count). The number of nitriles is 1. The van der Waals surface area contributed by atoms with Crippen LogP contribution in [0.25, 0.3) is 6.08 Å². The molecule has 0 heterocycles. The maximum Gasteiger partial charge on any atom is 0.354 e. The van der Waals surface area contributed by atoms with Crippen molar-refractivity contribution >= 4 is 12.0 Å². The Kier molecular flexibility index (Phi) is 7.45. The zero-order chi connectivity index (χ0) is 18.8. The minimum atomic E-state index is -0.667. The summed E-state index contributed by atoms with van der Waals surface area (Å²) in [6, 6.07) is 16.4. The van der Waals surface area contributed by atoms with Crippen molar-refractivity contribution in [3.8, 4) is 17.6 Å². The molecule has 0 unspecified atom stereocenters. The first-order chi connectivity index (χ1) is 12.7. The fraction of sp³-hybridized carbons (Fsp3) is 0.273. The predicted molar refractivity (Wildman–Crippen MR) is 102 cm³/mol. The predicted octanol–water partition coefficient (Wildman–Crippen LogP) is 4.94. The fourth-order valence-electron chi connectivity index (χ4n) is 2.25. The van der Waals surface area contributed by atoms with Gasteiger partial charge in [-0.1, -0.05) is 44.5 Å². The van der Waals surface area contributed by atoms with E-state index in [1.165, 1.54) is 6.08 Å². The molecule has 0 aliphatic carbocycles. The normalized spacial score (nSPS) is 10.9. The van der Waals surface area contributed by atoms with Crippen LogP contribution in [0.1, 0.15) is 37.8 Å². The van der Waals surface area contributed by atoms with Gasteiger partial charge in [0, 0.05) is 0 Å². The van der Waals surface area contributed by atoms with Crippen molar-refractivity contribution in [2.24, 2.45) is 0 Å². The minimum Gasteiger partial charge on any atom is -0.494 e. The van der Waals surface area contributed by atoms with Crippen LogP contribution in [0.5, 0.6) is 11.5 Å². The van der Waals surface area contributed by atoms with Gasteiger partial charge in [0.2, 0.25) is 0 Å². The van der Waals surface area contributed by atoms with E-state index in [9.17, 15) is 10.1 Å². The number of esters is 1. The van der Waals surface area contributed by atoms with Crippen molar-refractivity contribution in [3.63, 3.8) is 0 Å². The average molecular weight is 349 g/mol. The maximum absolute atomic E-state index is 12.2. The van der Waals surface area contributed by atoms with Gasteiger partial charge in [-0.3, -0.25) is 0 Å². The van der Waals surface area contributed by atoms with Crippen LogP contribution in [0.3, 0.4) is 0 Å². The molecule has 0 aliphatic rings. The largest absolute Gasteiger partial charge is 0.494 e. The van der Waals surface area contributed by atoms with E-state index in [0.717, 1.165) is 36.1 Å². The summed E-state index contributed by atoms with van der Waals surface area (Å²) in [7, 11) is 0. The van der Waals surface area contributed by atoms with Gasteiger partial charge < -0.3 is 9.47 Å². The molecule has 26 heavy (non-hydrogen) atoms. The Morgan fingerprint density at radius 3 is 2.27 bits per heavy atom. The fourth-order valence-corrected chi connectivity index (χ4v) is 2.25. The summed E-state index contributed by atoms with van der Waals surface area (Å²) >= 11 is 0. The van der Waals surface area contributed by atoms with E-state index in [0.29, 0.717) is 12.4 Å². The molecule has 0 saturated carbocycles. The summed E-state index contributed by atoms with van der Waals surface area (Å²) in [6.45, 7) is 4.84. The molecular weight excluding hydrogens is 326 g/mol. The first-order valence-electron chi connectivity index (χ1n) is 8.82. The van der Waals surface area contributed by atoms with Gasteiger partial charge in [-0.05, 0) is 54.3 Å². The van der Waals surface area contributed by atoms with Gasteiger partial charge in [0.1, 0.15) is 23.1 Å². The lowest BCUT2D eigenvalue weighted by atomic mass is 10.1. The topological polar surface area (TPSA) is 59.3 Å². The number of aryl methyl sites for hydroxylation is 1. The maximum atomic E-state index is 12.2. The Bertz CT molecular complexity index is 784. The molecule has 0 N–H and O–H groups in total. The van der Waals surface area contributed by atoms with E-state index in [-0.39, 0.29) is 5.57 Å². The van der Waals surface area contributed by atoms with Gasteiger partial charge >= 0.3 is 5.97 Å². The summed E-state index contributed by atoms with van der Waals surface area (Å²) in [4.78, 5) is 12.2. The standard InChI is InChI=1S/C22H23NO3/c1-3-5-14-25-20-10-8-18(9-11-20)15-19(16-23)22(24)26-21-12-6-17(4-2)7-13-21/h6-13,15H,3-5,14H2,1-2H3/b19-15+. The number of unbranched alkanes of at least 4 members (excludes halogenated alkanes) is 1. The summed E-state index contributed by atoms with van der Waals surface area (Å²) in [6.07, 6.45) is 4.51. The molecular formula is C22H23NO3. The van der Waals surface area contributed by atoms with Crippen LogP contribution in [0.2, 0.25) is 0 Å². The molecule has 4 heteroatoms. The van der Waals surface area contributed by atoms with E-state index in [2.05, 4.69) is 13.8 Å². The molecule has 0 radical (unpaired) electrons. The van der Waals surface area contributed by atoms with E-state index in [4.69, 9.17) is 9.47 Å². The van der Waals surface area contributed by atoms with Gasteiger partial charge in [0.05, 0.1) is 6.61 Å². The number of ether oxygens (including phenoxy) is 2. The van der Waals surface area contributed by atoms with Crippen LogP contribution in [-0.4, -0.2) is 12.6 Å². The summed E-state index contributed by atoms with van der Waals surface area (Å²) in [5, 5.41) is 9.27. The molecule has 0 amide bonds. The highest BCUT2D eigenvalue weighted by molar-refractivity contribution is 5.99. The van der Waals surface area contributed by atoms with Crippen molar-refractivity contribution in [1.29, 1.82) is 5.26 Å². The van der Waals surface area contributed by atoms with Gasteiger partial charge in [0.15, 0.2) is 0 Å². The first-order valence-corrected chi connectivity index (χ1v) is 8.82. The molecule has 0 bridgehead atoms. The first kappa shape index (κ1) is 19.3. The lowest BCUT2D eigenvalue weighted by Crippen LogP contribution is -2.10. The van der Waals surface area contributed by atoms with Crippen LogP contribution >= 0.6 is 0 Å². The highest BCUT2D eigenvalue weighted by Gasteiger charge is 2.12. The second kappa shape index (κ2) is 10.0. The molecule has 4 nitrogen and oxygen atoms in total. The van der Waals surface area contributed by atoms with Crippen LogP contribution in [0, 0.1) is 11.3 Å². The van der Waals surface area contributed by atoms with Crippen LogP contribution in [0.4, 0.5) is 0 Å². The van der Waals surface area contributed by atoms with E-state index in [1.54, 1.807) is 12.1 Å². The highest BCUT2D eigenvalue weighted by Crippen LogP contribution is 2.17. The quantitative estimate of drug-likeness (QED) is 0.223. The van der Waals surface area contributed by atoms with Gasteiger partial charge in [0.25, 0.3) is 0 Å². The van der Waals surface area contributed by atoms with E-state index in [1.807, 2.05) is 42.5 Å². The number of hydrogen-bond donors (Lipinski definition) is 0. The number of rotatable bonds is 8. The monoisotopic (exact) mass is 349 g/mol. The smallest absolute Gasteiger partial charge is 0.354 e. The van der Waals surface area contributed by atoms with Crippen LogP contribution in [-0.2, 0) is 11.2 Å². The molecule has 0 spiro atoms.